The largest absolute Gasteiger partial charge is 0.481 e. The lowest BCUT2D eigenvalue weighted by Crippen LogP contribution is -2.41. The molecule has 0 heterocycles. The summed E-state index contributed by atoms with van der Waals surface area (Å²) in [6, 6.07) is -1.10. The lowest BCUT2D eigenvalue weighted by molar-refractivity contribution is -0.145. The minimum absolute atomic E-state index is 0.0206. The van der Waals surface area contributed by atoms with Gasteiger partial charge in [0.25, 0.3) is 0 Å². The van der Waals surface area contributed by atoms with Crippen LogP contribution < -0.4 is 16.0 Å². The Morgan fingerprint density at radius 3 is 2.00 bits per heavy atom. The molecule has 1 fully saturated rings. The summed E-state index contributed by atoms with van der Waals surface area (Å²) in [7, 11) is 0. The van der Waals surface area contributed by atoms with E-state index in [1.54, 1.807) is 0 Å². The molecule has 2 atom stereocenters. The van der Waals surface area contributed by atoms with Gasteiger partial charge in [-0.1, -0.05) is 6.92 Å². The molecule has 0 aromatic rings. The molecule has 0 aromatic carbocycles. The average Bonchev–Trinajstić information content (AvgIpc) is 3.10. The Morgan fingerprint density at radius 1 is 0.679 bits per heavy atom. The van der Waals surface area contributed by atoms with Crippen molar-refractivity contribution in [1.29, 1.82) is 0 Å². The summed E-state index contributed by atoms with van der Waals surface area (Å²) in [5.74, 6) is -6.60. The second kappa shape index (κ2) is 27.4. The summed E-state index contributed by atoms with van der Waals surface area (Å²) in [5.41, 5.74) is 0. The fourth-order valence-electron chi connectivity index (χ4n) is 5.83. The molecule has 0 spiro atoms. The number of hydrogen-bond acceptors (Lipinski definition) is 11. The predicted octanol–water partition coefficient (Wildman–Crippen LogP) is 1.82. The fourth-order valence-corrected chi connectivity index (χ4v) is 5.83. The Hall–Kier alpha value is -4.25. The van der Waals surface area contributed by atoms with Gasteiger partial charge >= 0.3 is 17.9 Å². The van der Waals surface area contributed by atoms with Gasteiger partial charge in [0.2, 0.25) is 17.7 Å². The number of carboxylic acid groups (broad SMARTS) is 3. The fraction of sp³-hybridized carbons (Fsp3) is 0.750. The molecular weight excluding hydrogens is 698 g/mol. The molecule has 53 heavy (non-hydrogen) atoms. The van der Waals surface area contributed by atoms with E-state index in [1.165, 1.54) is 0 Å². The second-order valence-electron chi connectivity index (χ2n) is 13.4. The van der Waals surface area contributed by atoms with Crippen molar-refractivity contribution in [3.05, 3.63) is 0 Å². The van der Waals surface area contributed by atoms with Crippen molar-refractivity contribution in [3.8, 4) is 0 Å². The quantitative estimate of drug-likeness (QED) is 0.0552. The number of carbonyl (C=O) groups excluding carboxylic acids is 6. The van der Waals surface area contributed by atoms with Crippen LogP contribution in [0.15, 0.2) is 0 Å². The Bertz CT molecular complexity index is 1230. The van der Waals surface area contributed by atoms with Crippen molar-refractivity contribution in [1.82, 2.24) is 16.0 Å². The normalized spacial score (nSPS) is 16.5. The molecule has 1 aliphatic rings. The second-order valence-corrected chi connectivity index (χ2v) is 13.4. The molecule has 0 unspecified atom stereocenters. The van der Waals surface area contributed by atoms with Gasteiger partial charge in [0, 0.05) is 64.0 Å². The molecule has 1 saturated carbocycles. The Labute approximate surface area is 309 Å². The minimum Gasteiger partial charge on any atom is -0.481 e. The van der Waals surface area contributed by atoms with Crippen LogP contribution in [0.5, 0.6) is 0 Å². The van der Waals surface area contributed by atoms with Crippen molar-refractivity contribution < 1.29 is 67.9 Å². The van der Waals surface area contributed by atoms with E-state index in [-0.39, 0.29) is 126 Å². The summed E-state index contributed by atoms with van der Waals surface area (Å²) in [6.07, 6.45) is 2.84. The monoisotopic (exact) mass is 755 g/mol. The van der Waals surface area contributed by atoms with Crippen LogP contribution in [0.4, 0.5) is 0 Å². The lowest BCUT2D eigenvalue weighted by Gasteiger charge is -2.28. The first-order valence-corrected chi connectivity index (χ1v) is 18.4. The van der Waals surface area contributed by atoms with Gasteiger partial charge in [0.1, 0.15) is 12.4 Å². The number of ether oxygens (including phenoxy) is 2. The SMILES string of the molecule is CCCC(=O)CNC(=O)COCCOCCCC(=O)[C@H](CCC(=O)O)NC(=O)CC[C@H](CC(=O)C1CCC(CNC(=O)CCCC(=O)O)CC1)C(=O)O. The zero-order valence-electron chi connectivity index (χ0n) is 30.7. The maximum atomic E-state index is 13.0. The third kappa shape index (κ3) is 23.1. The number of carboxylic acids is 3. The van der Waals surface area contributed by atoms with Gasteiger partial charge in [-0.25, -0.2) is 0 Å². The number of carbonyl (C=O) groups is 9. The average molecular weight is 756 g/mol. The van der Waals surface area contributed by atoms with Crippen molar-refractivity contribution in [2.24, 2.45) is 17.8 Å². The molecular formula is C36H57N3O14. The van der Waals surface area contributed by atoms with E-state index in [4.69, 9.17) is 19.7 Å². The van der Waals surface area contributed by atoms with Gasteiger partial charge < -0.3 is 40.7 Å². The summed E-state index contributed by atoms with van der Waals surface area (Å²) >= 11 is 0. The zero-order valence-corrected chi connectivity index (χ0v) is 30.7. The standard InChI is InChI=1S/C36H57N3O14/c1-2-5-27(40)22-38-33(45)23-53-19-18-52-17-4-6-29(41)28(14-16-35(48)49)39-32(44)15-13-26(36(50)51)20-30(42)25-11-9-24(10-12-25)21-37-31(43)7-3-8-34(46)47/h24-26,28H,2-23H2,1H3,(H,37,43)(H,38,45)(H,39,44)(H,46,47)(H,48,49)(H,50,51)/t24?,25?,26-,28+/m1/s1. The molecule has 0 radical (unpaired) electrons. The van der Waals surface area contributed by atoms with Crippen LogP contribution in [0.3, 0.4) is 0 Å². The van der Waals surface area contributed by atoms with E-state index in [0.717, 1.165) is 0 Å². The summed E-state index contributed by atoms with van der Waals surface area (Å²) in [4.78, 5) is 107. The number of ketones is 3. The highest BCUT2D eigenvalue weighted by molar-refractivity contribution is 5.90. The Kier molecular flexibility index (Phi) is 24.2. The maximum Gasteiger partial charge on any atom is 0.306 e. The van der Waals surface area contributed by atoms with E-state index >= 15 is 0 Å². The highest BCUT2D eigenvalue weighted by Crippen LogP contribution is 2.31. The first-order valence-electron chi connectivity index (χ1n) is 18.4. The van der Waals surface area contributed by atoms with Gasteiger partial charge in [-0.15, -0.1) is 0 Å². The van der Waals surface area contributed by atoms with Crippen LogP contribution in [0, 0.1) is 17.8 Å². The van der Waals surface area contributed by atoms with Crippen LogP contribution in [0.25, 0.3) is 0 Å². The number of nitrogens with one attached hydrogen (secondary N) is 3. The smallest absolute Gasteiger partial charge is 0.306 e. The number of hydrogen-bond donors (Lipinski definition) is 6. The third-order valence-corrected chi connectivity index (χ3v) is 8.90. The van der Waals surface area contributed by atoms with Crippen molar-refractivity contribution in [3.63, 3.8) is 0 Å². The van der Waals surface area contributed by atoms with E-state index < -0.39 is 47.5 Å². The van der Waals surface area contributed by atoms with Crippen molar-refractivity contribution in [2.45, 2.75) is 116 Å². The van der Waals surface area contributed by atoms with Crippen LogP contribution >= 0.6 is 0 Å². The highest BCUT2D eigenvalue weighted by Gasteiger charge is 2.31. The van der Waals surface area contributed by atoms with Gasteiger partial charge in [-0.2, -0.15) is 0 Å². The Morgan fingerprint density at radius 2 is 1.36 bits per heavy atom. The van der Waals surface area contributed by atoms with Crippen LogP contribution in [-0.2, 0) is 52.6 Å². The molecule has 0 aliphatic heterocycles. The number of Topliss-reactive ketones (excluding diaryl/α,β-unsaturated/α-hetero) is 3. The molecule has 1 rings (SSSR count). The minimum atomic E-state index is -1.23. The van der Waals surface area contributed by atoms with Gasteiger partial charge in [0.15, 0.2) is 11.6 Å². The first kappa shape index (κ1) is 46.8. The molecule has 0 aromatic heterocycles. The van der Waals surface area contributed by atoms with E-state index in [9.17, 15) is 48.3 Å². The molecule has 1 aliphatic carbocycles. The lowest BCUT2D eigenvalue weighted by atomic mass is 9.78. The molecule has 300 valence electrons. The highest BCUT2D eigenvalue weighted by atomic mass is 16.5. The van der Waals surface area contributed by atoms with Gasteiger partial charge in [0.05, 0.1) is 31.7 Å². The van der Waals surface area contributed by atoms with Gasteiger partial charge in [-0.05, 0) is 63.7 Å². The van der Waals surface area contributed by atoms with Crippen molar-refractivity contribution in [2.75, 3.05) is 39.5 Å². The topological polar surface area (TPSA) is 269 Å². The molecule has 3 amide bonds. The number of aliphatic carboxylic acids is 3. The number of rotatable bonds is 31. The number of amides is 3. The van der Waals surface area contributed by atoms with Crippen molar-refractivity contribution >= 4 is 53.0 Å². The van der Waals surface area contributed by atoms with Crippen LogP contribution in [0.2, 0.25) is 0 Å². The van der Waals surface area contributed by atoms with E-state index in [1.807, 2.05) is 6.92 Å². The van der Waals surface area contributed by atoms with Gasteiger partial charge in [-0.3, -0.25) is 43.2 Å². The zero-order chi connectivity index (χ0) is 39.6. The predicted molar refractivity (Wildman–Crippen MR) is 188 cm³/mol. The molecule has 6 N–H and O–H groups in total. The van der Waals surface area contributed by atoms with E-state index in [0.29, 0.717) is 45.1 Å². The summed E-state index contributed by atoms with van der Waals surface area (Å²) in [5, 5.41) is 35.3. The molecule has 0 saturated heterocycles. The van der Waals surface area contributed by atoms with Crippen LogP contribution in [-0.4, -0.2) is 114 Å². The third-order valence-electron chi connectivity index (χ3n) is 8.90. The summed E-state index contributed by atoms with van der Waals surface area (Å²) in [6.45, 7) is 2.41. The molecule has 0 bridgehead atoms. The first-order chi connectivity index (χ1) is 25.2. The molecule has 17 heteroatoms. The summed E-state index contributed by atoms with van der Waals surface area (Å²) < 4.78 is 10.6. The maximum absolute atomic E-state index is 13.0. The van der Waals surface area contributed by atoms with E-state index in [2.05, 4.69) is 16.0 Å². The Balaban J connectivity index is 2.42. The van der Waals surface area contributed by atoms with Crippen LogP contribution in [0.1, 0.15) is 110 Å². The molecule has 17 nitrogen and oxygen atoms in total.